The van der Waals surface area contributed by atoms with Gasteiger partial charge in [-0.05, 0) is 18.2 Å². The van der Waals surface area contributed by atoms with Gasteiger partial charge in [-0.15, -0.1) is 0 Å². The number of halogens is 3. The van der Waals surface area contributed by atoms with Gasteiger partial charge in [0.2, 0.25) is 0 Å². The normalized spacial score (nSPS) is 15.7. The van der Waals surface area contributed by atoms with Gasteiger partial charge in [-0.2, -0.15) is 13.2 Å². The summed E-state index contributed by atoms with van der Waals surface area (Å²) in [6, 6.07) is 0. The first kappa shape index (κ1) is 9.14. The van der Waals surface area contributed by atoms with E-state index in [2.05, 4.69) is 6.92 Å². The first-order valence-electron chi connectivity index (χ1n) is 2.49. The second-order valence-corrected chi connectivity index (χ2v) is 3.17. The van der Waals surface area contributed by atoms with Gasteiger partial charge in [0.25, 0.3) is 0 Å². The Bertz CT molecular complexity index is 78.8. The number of hydrogen-bond donors (Lipinski definition) is 0. The molecule has 0 bridgehead atoms. The number of hydrogen-bond acceptors (Lipinski definition) is 1. The molecule has 9 heavy (non-hydrogen) atoms. The van der Waals surface area contributed by atoms with Crippen LogP contribution in [0.1, 0.15) is 13.3 Å². The summed E-state index contributed by atoms with van der Waals surface area (Å²) in [6.45, 7) is 4.85. The molecule has 4 heteroatoms. The Morgan fingerprint density at radius 2 is 2.00 bits per heavy atom. The van der Waals surface area contributed by atoms with Gasteiger partial charge in [-0.3, -0.25) is 0 Å². The average molecular weight is 157 g/mol. The average Bonchev–Trinajstić information content (AvgIpc) is 1.62. The van der Waals surface area contributed by atoms with Gasteiger partial charge < -0.3 is 0 Å². The first-order valence-corrected chi connectivity index (χ1v) is 3.37. The van der Waals surface area contributed by atoms with Crippen molar-refractivity contribution in [2.45, 2.75) is 24.1 Å². The SMILES string of the molecule is [CH2]CC(C)SC(F)(F)F. The molecular formula is C5H8F3S. The Morgan fingerprint density at radius 3 is 2.11 bits per heavy atom. The molecule has 0 rings (SSSR count). The molecule has 0 aromatic carbocycles. The molecule has 0 aromatic rings. The molecule has 0 amide bonds. The summed E-state index contributed by atoms with van der Waals surface area (Å²) in [7, 11) is 0. The lowest BCUT2D eigenvalue weighted by Crippen LogP contribution is -2.07. The highest BCUT2D eigenvalue weighted by Crippen LogP contribution is 2.34. The molecule has 1 atom stereocenters. The Kier molecular flexibility index (Phi) is 3.40. The molecule has 0 aliphatic heterocycles. The van der Waals surface area contributed by atoms with Crippen molar-refractivity contribution in [1.29, 1.82) is 0 Å². The fourth-order valence-electron chi connectivity index (χ4n) is 0.287. The summed E-state index contributed by atoms with van der Waals surface area (Å²) in [5.41, 5.74) is -4.10. The first-order chi connectivity index (χ1) is 3.95. The van der Waals surface area contributed by atoms with E-state index in [0.29, 0.717) is 6.42 Å². The molecule has 0 heterocycles. The summed E-state index contributed by atoms with van der Waals surface area (Å²) >= 11 is -0.00579. The van der Waals surface area contributed by atoms with E-state index in [4.69, 9.17) is 0 Å². The van der Waals surface area contributed by atoms with Crippen LogP contribution in [0, 0.1) is 6.92 Å². The van der Waals surface area contributed by atoms with Crippen molar-refractivity contribution in [2.24, 2.45) is 0 Å². The van der Waals surface area contributed by atoms with Crippen molar-refractivity contribution in [3.63, 3.8) is 0 Å². The van der Waals surface area contributed by atoms with Crippen LogP contribution < -0.4 is 0 Å². The molecule has 0 saturated carbocycles. The molecule has 0 aromatic heterocycles. The van der Waals surface area contributed by atoms with Crippen molar-refractivity contribution >= 4 is 11.8 Å². The molecule has 0 fully saturated rings. The third-order valence-corrected chi connectivity index (χ3v) is 1.65. The van der Waals surface area contributed by atoms with E-state index in [1.807, 2.05) is 0 Å². The summed E-state index contributed by atoms with van der Waals surface area (Å²) in [4.78, 5) is 0. The van der Waals surface area contributed by atoms with Crippen LogP contribution in [0.25, 0.3) is 0 Å². The lowest BCUT2D eigenvalue weighted by atomic mass is 10.4. The number of alkyl halides is 3. The minimum Gasteiger partial charge on any atom is -0.160 e. The van der Waals surface area contributed by atoms with E-state index >= 15 is 0 Å². The van der Waals surface area contributed by atoms with Crippen LogP contribution in [0.15, 0.2) is 0 Å². The predicted octanol–water partition coefficient (Wildman–Crippen LogP) is 2.85. The van der Waals surface area contributed by atoms with Crippen LogP contribution in [0.3, 0.4) is 0 Å². The molecule has 0 nitrogen and oxygen atoms in total. The maximum absolute atomic E-state index is 11.4. The second-order valence-electron chi connectivity index (χ2n) is 1.66. The molecule has 1 unspecified atom stereocenters. The highest BCUT2D eigenvalue weighted by molar-refractivity contribution is 8.00. The van der Waals surface area contributed by atoms with Crippen molar-refractivity contribution in [3.8, 4) is 0 Å². The van der Waals surface area contributed by atoms with E-state index in [-0.39, 0.29) is 11.8 Å². The van der Waals surface area contributed by atoms with Gasteiger partial charge >= 0.3 is 5.51 Å². The van der Waals surface area contributed by atoms with Crippen LogP contribution in [0.5, 0.6) is 0 Å². The maximum Gasteiger partial charge on any atom is 0.442 e. The largest absolute Gasteiger partial charge is 0.442 e. The predicted molar refractivity (Wildman–Crippen MR) is 33.1 cm³/mol. The zero-order valence-corrected chi connectivity index (χ0v) is 5.85. The monoisotopic (exact) mass is 157 g/mol. The molecule has 0 N–H and O–H groups in total. The van der Waals surface area contributed by atoms with Crippen LogP contribution in [-0.2, 0) is 0 Å². The fourth-order valence-corrected chi connectivity index (χ4v) is 0.861. The molecule has 0 aliphatic rings. The minimum absolute atomic E-state index is 0.00579. The van der Waals surface area contributed by atoms with Crippen molar-refractivity contribution in [1.82, 2.24) is 0 Å². The lowest BCUT2D eigenvalue weighted by molar-refractivity contribution is -0.0332. The third-order valence-electron chi connectivity index (χ3n) is 0.741. The molecule has 0 aliphatic carbocycles. The van der Waals surface area contributed by atoms with Crippen LogP contribution >= 0.6 is 11.8 Å². The Hall–Kier alpha value is 0.140. The Morgan fingerprint density at radius 1 is 1.56 bits per heavy atom. The number of rotatable bonds is 2. The zero-order valence-electron chi connectivity index (χ0n) is 5.03. The van der Waals surface area contributed by atoms with Gasteiger partial charge in [0.15, 0.2) is 0 Å². The van der Waals surface area contributed by atoms with E-state index in [1.165, 1.54) is 6.92 Å². The molecule has 0 saturated heterocycles. The van der Waals surface area contributed by atoms with E-state index in [9.17, 15) is 13.2 Å². The standard InChI is InChI=1S/C5H8F3S/c1-3-4(2)9-5(6,7)8/h4H,1,3H2,2H3. The summed E-state index contributed by atoms with van der Waals surface area (Å²) in [5.74, 6) is 0. The maximum atomic E-state index is 11.4. The van der Waals surface area contributed by atoms with Gasteiger partial charge in [-0.25, -0.2) is 0 Å². The van der Waals surface area contributed by atoms with Crippen LogP contribution in [0.2, 0.25) is 0 Å². The fraction of sp³-hybridized carbons (Fsp3) is 0.800. The van der Waals surface area contributed by atoms with E-state index < -0.39 is 10.8 Å². The van der Waals surface area contributed by atoms with Gasteiger partial charge in [0, 0.05) is 5.25 Å². The zero-order chi connectivity index (χ0) is 7.49. The molecule has 0 spiro atoms. The van der Waals surface area contributed by atoms with Gasteiger partial charge in [0.1, 0.15) is 0 Å². The van der Waals surface area contributed by atoms with E-state index in [0.717, 1.165) is 0 Å². The minimum atomic E-state index is -4.10. The summed E-state index contributed by atoms with van der Waals surface area (Å²) in [6.07, 6.45) is 0.310. The van der Waals surface area contributed by atoms with Gasteiger partial charge in [0.05, 0.1) is 0 Å². The van der Waals surface area contributed by atoms with Gasteiger partial charge in [-0.1, -0.05) is 13.8 Å². The number of thioether (sulfide) groups is 1. The Labute approximate surface area is 56.8 Å². The molecular weight excluding hydrogens is 149 g/mol. The molecule has 55 valence electrons. The quantitative estimate of drug-likeness (QED) is 0.594. The van der Waals surface area contributed by atoms with Crippen LogP contribution in [-0.4, -0.2) is 10.8 Å². The smallest absolute Gasteiger partial charge is 0.160 e. The highest BCUT2D eigenvalue weighted by atomic mass is 32.2. The highest BCUT2D eigenvalue weighted by Gasteiger charge is 2.30. The van der Waals surface area contributed by atoms with Crippen molar-refractivity contribution < 1.29 is 13.2 Å². The molecule has 1 radical (unpaired) electrons. The van der Waals surface area contributed by atoms with E-state index in [1.54, 1.807) is 0 Å². The lowest BCUT2D eigenvalue weighted by Gasteiger charge is -2.09. The Balaban J connectivity index is 3.47. The van der Waals surface area contributed by atoms with Crippen LogP contribution in [0.4, 0.5) is 13.2 Å². The summed E-state index contributed by atoms with van der Waals surface area (Å²) < 4.78 is 34.3. The summed E-state index contributed by atoms with van der Waals surface area (Å²) in [5, 5.41) is -0.426. The third kappa shape index (κ3) is 6.02. The topological polar surface area (TPSA) is 0 Å². The van der Waals surface area contributed by atoms with Crippen molar-refractivity contribution in [3.05, 3.63) is 6.92 Å². The van der Waals surface area contributed by atoms with Crippen molar-refractivity contribution in [2.75, 3.05) is 0 Å². The second kappa shape index (κ2) is 3.34.